The number of benzene rings is 1. The van der Waals surface area contributed by atoms with Crippen LogP contribution in [0.4, 0.5) is 5.69 Å². The second kappa shape index (κ2) is 3.91. The van der Waals surface area contributed by atoms with E-state index in [1.807, 2.05) is 0 Å². The summed E-state index contributed by atoms with van der Waals surface area (Å²) in [6.45, 7) is -0.0345. The van der Waals surface area contributed by atoms with E-state index in [0.717, 1.165) is 0 Å². The van der Waals surface area contributed by atoms with Crippen LogP contribution < -0.4 is 5.73 Å². The van der Waals surface area contributed by atoms with Crippen LogP contribution in [0.5, 0.6) is 0 Å². The Hall–Kier alpha value is -1.55. The smallest absolute Gasteiger partial charge is 0.337 e. The monoisotopic (exact) mass is 181 g/mol. The Morgan fingerprint density at radius 3 is 2.69 bits per heavy atom. The van der Waals surface area contributed by atoms with Crippen molar-refractivity contribution in [2.75, 3.05) is 12.3 Å². The molecule has 1 rings (SSSR count). The summed E-state index contributed by atoms with van der Waals surface area (Å²) < 4.78 is 0. The number of para-hydroxylation sites is 1. The summed E-state index contributed by atoms with van der Waals surface area (Å²) in [5.74, 6) is -1.04. The van der Waals surface area contributed by atoms with Crippen LogP contribution in [0, 0.1) is 0 Å². The number of aliphatic hydroxyl groups is 1. The lowest BCUT2D eigenvalue weighted by Crippen LogP contribution is -2.06. The summed E-state index contributed by atoms with van der Waals surface area (Å²) in [4.78, 5) is 10.6. The van der Waals surface area contributed by atoms with Crippen LogP contribution in [-0.4, -0.2) is 22.8 Å². The van der Waals surface area contributed by atoms with Gasteiger partial charge in [0, 0.05) is 12.3 Å². The number of nitrogen functional groups attached to an aromatic ring is 1. The molecule has 0 atom stereocenters. The fourth-order valence-corrected chi connectivity index (χ4v) is 1.14. The molecule has 4 heteroatoms. The highest BCUT2D eigenvalue weighted by Crippen LogP contribution is 2.17. The van der Waals surface area contributed by atoms with Gasteiger partial charge in [0.15, 0.2) is 0 Å². The number of carboxylic acids is 1. The van der Waals surface area contributed by atoms with Crippen LogP contribution in [0.2, 0.25) is 0 Å². The van der Waals surface area contributed by atoms with Gasteiger partial charge in [0.05, 0.1) is 5.56 Å². The maximum absolute atomic E-state index is 10.6. The molecule has 0 bridgehead atoms. The van der Waals surface area contributed by atoms with E-state index >= 15 is 0 Å². The quantitative estimate of drug-likeness (QED) is 0.593. The number of anilines is 1. The Morgan fingerprint density at radius 1 is 1.46 bits per heavy atom. The summed E-state index contributed by atoms with van der Waals surface area (Å²) in [5, 5.41) is 17.4. The highest BCUT2D eigenvalue weighted by atomic mass is 16.4. The highest BCUT2D eigenvalue weighted by molar-refractivity contribution is 5.94. The molecule has 4 nitrogen and oxygen atoms in total. The molecule has 0 spiro atoms. The fourth-order valence-electron chi connectivity index (χ4n) is 1.14. The second-order valence-corrected chi connectivity index (χ2v) is 2.66. The van der Waals surface area contributed by atoms with Gasteiger partial charge < -0.3 is 15.9 Å². The van der Waals surface area contributed by atoms with Crippen molar-refractivity contribution in [3.8, 4) is 0 Å². The lowest BCUT2D eigenvalue weighted by Gasteiger charge is -2.06. The van der Waals surface area contributed by atoms with Crippen LogP contribution in [0.1, 0.15) is 15.9 Å². The van der Waals surface area contributed by atoms with E-state index in [2.05, 4.69) is 0 Å². The first-order chi connectivity index (χ1) is 6.16. The number of hydrogen-bond acceptors (Lipinski definition) is 3. The molecule has 0 heterocycles. The van der Waals surface area contributed by atoms with Crippen LogP contribution in [-0.2, 0) is 6.42 Å². The Kier molecular flexibility index (Phi) is 2.87. The van der Waals surface area contributed by atoms with Crippen LogP contribution in [0.25, 0.3) is 0 Å². The Morgan fingerprint density at radius 2 is 2.15 bits per heavy atom. The predicted octanol–water partition coefficient (Wildman–Crippen LogP) is 0.502. The third-order valence-corrected chi connectivity index (χ3v) is 1.81. The van der Waals surface area contributed by atoms with Crippen molar-refractivity contribution in [1.29, 1.82) is 0 Å². The molecule has 70 valence electrons. The van der Waals surface area contributed by atoms with Crippen molar-refractivity contribution >= 4 is 11.7 Å². The minimum absolute atomic E-state index is 0.0345. The predicted molar refractivity (Wildman–Crippen MR) is 48.6 cm³/mol. The molecular formula is C9H11NO3. The Labute approximate surface area is 75.6 Å². The summed E-state index contributed by atoms with van der Waals surface area (Å²) in [5.41, 5.74) is 6.58. The molecule has 0 unspecified atom stereocenters. The first-order valence-corrected chi connectivity index (χ1v) is 3.88. The third-order valence-electron chi connectivity index (χ3n) is 1.81. The number of hydrogen-bond donors (Lipinski definition) is 3. The Balaban J connectivity index is 3.10. The molecule has 13 heavy (non-hydrogen) atoms. The topological polar surface area (TPSA) is 83.5 Å². The van der Waals surface area contributed by atoms with Crippen molar-refractivity contribution in [3.63, 3.8) is 0 Å². The van der Waals surface area contributed by atoms with E-state index in [1.165, 1.54) is 6.07 Å². The molecule has 0 fully saturated rings. The Bertz CT molecular complexity index is 323. The average Bonchev–Trinajstić information content (AvgIpc) is 2.08. The van der Waals surface area contributed by atoms with Gasteiger partial charge in [-0.05, 0) is 18.1 Å². The molecule has 1 aromatic rings. The van der Waals surface area contributed by atoms with E-state index in [0.29, 0.717) is 12.0 Å². The number of carboxylic acid groups (broad SMARTS) is 1. The third kappa shape index (κ3) is 1.97. The van der Waals surface area contributed by atoms with Crippen molar-refractivity contribution < 1.29 is 15.0 Å². The van der Waals surface area contributed by atoms with E-state index in [4.69, 9.17) is 15.9 Å². The van der Waals surface area contributed by atoms with E-state index < -0.39 is 5.97 Å². The van der Waals surface area contributed by atoms with Crippen LogP contribution in [0.15, 0.2) is 18.2 Å². The number of rotatable bonds is 3. The number of nitrogens with two attached hydrogens (primary N) is 1. The first-order valence-electron chi connectivity index (χ1n) is 3.88. The zero-order valence-corrected chi connectivity index (χ0v) is 7.03. The van der Waals surface area contributed by atoms with Crippen LogP contribution in [0.3, 0.4) is 0 Å². The normalized spacial score (nSPS) is 9.92. The van der Waals surface area contributed by atoms with Gasteiger partial charge in [0.2, 0.25) is 0 Å². The van der Waals surface area contributed by atoms with Gasteiger partial charge in [-0.25, -0.2) is 4.79 Å². The second-order valence-electron chi connectivity index (χ2n) is 2.66. The van der Waals surface area contributed by atoms with Gasteiger partial charge in [-0.2, -0.15) is 0 Å². The molecule has 0 saturated carbocycles. The summed E-state index contributed by atoms with van der Waals surface area (Å²) >= 11 is 0. The van der Waals surface area contributed by atoms with Gasteiger partial charge in [-0.1, -0.05) is 12.1 Å². The van der Waals surface area contributed by atoms with E-state index in [1.54, 1.807) is 12.1 Å². The standard InChI is InChI=1S/C9H11NO3/c10-8-6(4-5-11)2-1-3-7(8)9(12)13/h1-3,11H,4-5,10H2,(H,12,13). The lowest BCUT2D eigenvalue weighted by molar-refractivity contribution is 0.0698. The number of aromatic carboxylic acids is 1. The molecular weight excluding hydrogens is 170 g/mol. The highest BCUT2D eigenvalue weighted by Gasteiger charge is 2.09. The minimum atomic E-state index is -1.04. The molecule has 0 amide bonds. The zero-order valence-electron chi connectivity index (χ0n) is 7.03. The molecule has 4 N–H and O–H groups in total. The molecule has 0 radical (unpaired) electrons. The first kappa shape index (κ1) is 9.54. The fraction of sp³-hybridized carbons (Fsp3) is 0.222. The van der Waals surface area contributed by atoms with Gasteiger partial charge in [-0.3, -0.25) is 0 Å². The van der Waals surface area contributed by atoms with Gasteiger partial charge >= 0.3 is 5.97 Å². The largest absolute Gasteiger partial charge is 0.478 e. The van der Waals surface area contributed by atoms with Crippen molar-refractivity contribution in [1.82, 2.24) is 0 Å². The zero-order chi connectivity index (χ0) is 9.84. The van der Waals surface area contributed by atoms with Gasteiger partial charge in [-0.15, -0.1) is 0 Å². The van der Waals surface area contributed by atoms with E-state index in [9.17, 15) is 4.79 Å². The number of carbonyl (C=O) groups is 1. The van der Waals surface area contributed by atoms with Crippen molar-refractivity contribution in [3.05, 3.63) is 29.3 Å². The molecule has 1 aromatic carbocycles. The summed E-state index contributed by atoms with van der Waals surface area (Å²) in [6.07, 6.45) is 0.382. The maximum atomic E-state index is 10.6. The average molecular weight is 181 g/mol. The van der Waals surface area contributed by atoms with Gasteiger partial charge in [0.25, 0.3) is 0 Å². The van der Waals surface area contributed by atoms with E-state index in [-0.39, 0.29) is 17.9 Å². The summed E-state index contributed by atoms with van der Waals surface area (Å²) in [6, 6.07) is 4.77. The molecule has 0 saturated heterocycles. The minimum Gasteiger partial charge on any atom is -0.478 e. The lowest BCUT2D eigenvalue weighted by atomic mass is 10.1. The molecule has 0 aliphatic carbocycles. The molecule has 0 aliphatic rings. The molecule has 0 aliphatic heterocycles. The van der Waals surface area contributed by atoms with Crippen molar-refractivity contribution in [2.24, 2.45) is 0 Å². The van der Waals surface area contributed by atoms with Gasteiger partial charge in [0.1, 0.15) is 0 Å². The summed E-state index contributed by atoms with van der Waals surface area (Å²) in [7, 11) is 0. The van der Waals surface area contributed by atoms with Crippen molar-refractivity contribution in [2.45, 2.75) is 6.42 Å². The number of aliphatic hydroxyl groups excluding tert-OH is 1. The maximum Gasteiger partial charge on any atom is 0.337 e. The molecule has 0 aromatic heterocycles. The SMILES string of the molecule is Nc1c(CCO)cccc1C(=O)O. The van der Waals surface area contributed by atoms with Crippen LogP contribution >= 0.6 is 0 Å².